The van der Waals surface area contributed by atoms with Crippen molar-refractivity contribution in [2.24, 2.45) is 0 Å². The molecule has 0 radical (unpaired) electrons. The maximum absolute atomic E-state index is 5.63. The van der Waals surface area contributed by atoms with E-state index >= 15 is 0 Å². The molecule has 6 aromatic heterocycles. The predicted molar refractivity (Wildman–Crippen MR) is 294 cm³/mol. The highest BCUT2D eigenvalue weighted by molar-refractivity contribution is 6.30. The van der Waals surface area contributed by atoms with Crippen LogP contribution in [0, 0.1) is 20.8 Å². The van der Waals surface area contributed by atoms with Crippen LogP contribution in [0.2, 0.25) is 0 Å². The van der Waals surface area contributed by atoms with E-state index in [1.165, 1.54) is 213 Å². The van der Waals surface area contributed by atoms with E-state index < -0.39 is 0 Å². The molecule has 4 nitrogen and oxygen atoms in total. The summed E-state index contributed by atoms with van der Waals surface area (Å²) in [7, 11) is 0. The smallest absolute Gasteiger partial charge is 0.0728 e. The molecule has 0 unspecified atom stereocenters. The van der Waals surface area contributed by atoms with Crippen LogP contribution in [0.15, 0.2) is 109 Å². The average molecular weight is 919 g/mol. The first-order valence-electron chi connectivity index (χ1n) is 27.1. The quantitative estimate of drug-likeness (QED) is 0.177. The number of aromatic nitrogens is 4. The van der Waals surface area contributed by atoms with E-state index in [1.54, 1.807) is 5.56 Å². The Morgan fingerprint density at radius 2 is 1.07 bits per heavy atom. The molecule has 0 saturated heterocycles. The van der Waals surface area contributed by atoms with Crippen molar-refractivity contribution in [3.8, 4) is 11.1 Å². The van der Waals surface area contributed by atoms with Gasteiger partial charge in [-0.3, -0.25) is 9.97 Å². The summed E-state index contributed by atoms with van der Waals surface area (Å²) < 4.78 is 5.31. The molecule has 4 bridgehead atoms. The monoisotopic (exact) mass is 918 g/mol. The van der Waals surface area contributed by atoms with Crippen molar-refractivity contribution in [2.45, 2.75) is 134 Å². The fourth-order valence-electron chi connectivity index (χ4n) is 17.2. The Labute approximate surface area is 414 Å². The Morgan fingerprint density at radius 1 is 0.535 bits per heavy atom. The fourth-order valence-corrected chi connectivity index (χ4v) is 17.2. The zero-order chi connectivity index (χ0) is 47.2. The normalized spacial score (nSPS) is 23.1. The molecule has 2 saturated carbocycles. The highest BCUT2D eigenvalue weighted by Crippen LogP contribution is 2.61. The zero-order valence-electron chi connectivity index (χ0n) is 41.9. The van der Waals surface area contributed by atoms with E-state index in [0.29, 0.717) is 0 Å². The number of fused-ring (bicyclic) bond motifs is 14. The van der Waals surface area contributed by atoms with Gasteiger partial charge in [-0.1, -0.05) is 106 Å². The molecule has 0 atom stereocenters. The lowest BCUT2D eigenvalue weighted by Gasteiger charge is -2.51. The third-order valence-electron chi connectivity index (χ3n) is 20.5. The molecule has 0 spiro atoms. The van der Waals surface area contributed by atoms with Gasteiger partial charge in [0.15, 0.2) is 0 Å². The van der Waals surface area contributed by atoms with Gasteiger partial charge in [0.1, 0.15) is 0 Å². The van der Waals surface area contributed by atoms with Gasteiger partial charge in [0.25, 0.3) is 0 Å². The molecule has 7 aliphatic carbocycles. The molecule has 4 heteroatoms. The lowest BCUT2D eigenvalue weighted by Crippen LogP contribution is -2.45. The molecule has 71 heavy (non-hydrogen) atoms. The summed E-state index contributed by atoms with van der Waals surface area (Å²) in [6.07, 6.45) is 17.1. The highest BCUT2D eigenvalue weighted by atomic mass is 15.0. The van der Waals surface area contributed by atoms with E-state index in [1.807, 2.05) is 0 Å². The Balaban J connectivity index is 1.04. The van der Waals surface area contributed by atoms with E-state index in [9.17, 15) is 0 Å². The number of hydrogen-bond acceptors (Lipinski definition) is 2. The van der Waals surface area contributed by atoms with Crippen LogP contribution in [0.3, 0.4) is 0 Å². The summed E-state index contributed by atoms with van der Waals surface area (Å²) in [4.78, 5) is 11.2. The summed E-state index contributed by atoms with van der Waals surface area (Å²) >= 11 is 0. The van der Waals surface area contributed by atoms with Gasteiger partial charge in [0.05, 0.1) is 62.8 Å². The summed E-state index contributed by atoms with van der Waals surface area (Å²) in [6, 6.07) is 39.0. The Morgan fingerprint density at radius 3 is 1.70 bits per heavy atom. The summed E-state index contributed by atoms with van der Waals surface area (Å²) in [5.41, 5.74) is 27.8. The van der Waals surface area contributed by atoms with Crippen LogP contribution in [0.25, 0.3) is 87.3 Å². The van der Waals surface area contributed by atoms with E-state index in [2.05, 4.69) is 160 Å². The molecule has 0 aliphatic heterocycles. The lowest BCUT2D eigenvalue weighted by atomic mass is 9.53. The third-order valence-corrected chi connectivity index (χ3v) is 20.5. The van der Waals surface area contributed by atoms with Crippen LogP contribution in [0.4, 0.5) is 0 Å². The third kappa shape index (κ3) is 4.63. The Hall–Kier alpha value is -6.78. The summed E-state index contributed by atoms with van der Waals surface area (Å²) in [5.74, 6) is 0.272. The summed E-state index contributed by atoms with van der Waals surface area (Å²) in [5, 5.41) is 11.1. The number of rotatable bonds is 3. The second kappa shape index (κ2) is 13.0. The molecule has 346 valence electrons. The van der Waals surface area contributed by atoms with Crippen molar-refractivity contribution < 1.29 is 0 Å². The maximum Gasteiger partial charge on any atom is 0.0728 e. The molecule has 2 fully saturated rings. The number of benzene rings is 6. The molecule has 0 amide bonds. The van der Waals surface area contributed by atoms with Crippen LogP contribution in [0.1, 0.15) is 164 Å². The molecular weight excluding hydrogens is 861 g/mol. The standard InChI is InChI=1S/C67H58N4/c1-7-67(19-13-8-14-20-67)39-29-47-45-32-50-44(31-51(45)70-52-33-68-61-56-42-17-11-9-15-40(42)55(41-16-10-12-18-43(41)56)59(61)57(52)49(30-39)63(47)70)46-27-38(54-36(3)25-35(2)26-37(54)4)28-48-58-53(71(50)62(46)48)34-69-64-60(58)65(5)21-23-66(64,6)24-22-65/h9-12,15-18,25-34,55-56H,7-8,13-14,19-24H2,1-6H3. The minimum absolute atomic E-state index is 0.117. The second-order valence-electron chi connectivity index (χ2n) is 24.2. The predicted octanol–water partition coefficient (Wildman–Crippen LogP) is 17.1. The molecule has 19 rings (SSSR count). The molecule has 6 heterocycles. The van der Waals surface area contributed by atoms with Crippen LogP contribution in [-0.2, 0) is 16.2 Å². The molecular formula is C67H58N4. The van der Waals surface area contributed by atoms with Gasteiger partial charge in [-0.2, -0.15) is 0 Å². The fraction of sp³-hybridized carbons (Fsp3) is 0.313. The minimum Gasteiger partial charge on any atom is -0.306 e. The summed E-state index contributed by atoms with van der Waals surface area (Å²) in [6.45, 7) is 14.4. The molecule has 0 N–H and O–H groups in total. The SMILES string of the molecule is CCC1(c2cc3c4cc5c(cc4n4c6cnc7c(c6c(c2)c34)C2c3ccccc3C7c3ccccc32)c2cc(-c3c(C)cc(C)cc3C)cc3c4c6c(ncc4n5c23)C2(C)CCC6(C)CC2)CCCCC1. The van der Waals surface area contributed by atoms with Crippen LogP contribution in [-0.4, -0.2) is 18.8 Å². The lowest BCUT2D eigenvalue weighted by molar-refractivity contribution is 0.184. The Kier molecular flexibility index (Phi) is 7.30. The second-order valence-corrected chi connectivity index (χ2v) is 24.2. The van der Waals surface area contributed by atoms with Crippen molar-refractivity contribution in [1.29, 1.82) is 0 Å². The molecule has 6 aromatic carbocycles. The first kappa shape index (κ1) is 39.9. The number of aryl methyl sites for hydroxylation is 3. The molecule has 7 aliphatic rings. The largest absolute Gasteiger partial charge is 0.306 e. The van der Waals surface area contributed by atoms with Gasteiger partial charge in [-0.05, 0) is 174 Å². The Bertz CT molecular complexity index is 4320. The first-order chi connectivity index (χ1) is 34.6. The van der Waals surface area contributed by atoms with Crippen molar-refractivity contribution in [1.82, 2.24) is 18.8 Å². The van der Waals surface area contributed by atoms with E-state index in [0.717, 1.165) is 0 Å². The van der Waals surface area contributed by atoms with Crippen LogP contribution < -0.4 is 0 Å². The number of nitrogens with zero attached hydrogens (tertiary/aromatic N) is 4. The van der Waals surface area contributed by atoms with Gasteiger partial charge in [0.2, 0.25) is 0 Å². The van der Waals surface area contributed by atoms with Gasteiger partial charge >= 0.3 is 0 Å². The van der Waals surface area contributed by atoms with Crippen molar-refractivity contribution in [3.05, 3.63) is 176 Å². The topological polar surface area (TPSA) is 34.6 Å². The van der Waals surface area contributed by atoms with Crippen molar-refractivity contribution >= 4 is 76.2 Å². The van der Waals surface area contributed by atoms with Crippen LogP contribution >= 0.6 is 0 Å². The van der Waals surface area contributed by atoms with Gasteiger partial charge in [-0.15, -0.1) is 0 Å². The minimum atomic E-state index is 0.117. The van der Waals surface area contributed by atoms with Crippen molar-refractivity contribution in [2.75, 3.05) is 0 Å². The highest BCUT2D eigenvalue weighted by Gasteiger charge is 2.50. The van der Waals surface area contributed by atoms with Crippen LogP contribution in [0.5, 0.6) is 0 Å². The number of pyridine rings is 2. The van der Waals surface area contributed by atoms with E-state index in [-0.39, 0.29) is 28.1 Å². The van der Waals surface area contributed by atoms with Gasteiger partial charge in [0, 0.05) is 54.4 Å². The number of hydrogen-bond donors (Lipinski definition) is 0. The van der Waals surface area contributed by atoms with E-state index in [4.69, 9.17) is 9.97 Å². The molecule has 12 aromatic rings. The average Bonchev–Trinajstić information content (AvgIpc) is 4.12. The first-order valence-corrected chi connectivity index (χ1v) is 27.1. The van der Waals surface area contributed by atoms with Crippen molar-refractivity contribution in [3.63, 3.8) is 0 Å². The maximum atomic E-state index is 5.63. The van der Waals surface area contributed by atoms with Gasteiger partial charge in [-0.25, -0.2) is 0 Å². The van der Waals surface area contributed by atoms with Gasteiger partial charge < -0.3 is 8.80 Å². The zero-order valence-corrected chi connectivity index (χ0v) is 41.9.